The Hall–Kier alpha value is -3.09. The number of para-hydroxylation sites is 1. The van der Waals surface area contributed by atoms with Crippen LogP contribution >= 0.6 is 0 Å². The summed E-state index contributed by atoms with van der Waals surface area (Å²) in [6.45, 7) is 2.24. The van der Waals surface area contributed by atoms with Gasteiger partial charge in [-0.05, 0) is 25.1 Å². The zero-order valence-electron chi connectivity index (χ0n) is 15.1. The Balaban J connectivity index is 1.72. The van der Waals surface area contributed by atoms with E-state index in [1.54, 1.807) is 30.2 Å². The lowest BCUT2D eigenvalue weighted by atomic mass is 9.73. The second-order valence-electron chi connectivity index (χ2n) is 7.06. The van der Waals surface area contributed by atoms with Crippen molar-refractivity contribution < 1.29 is 24.2 Å². The molecule has 1 amide bonds. The van der Waals surface area contributed by atoms with Crippen LogP contribution < -0.4 is 9.47 Å². The molecule has 7 heteroatoms. The molecule has 1 N–H and O–H groups in total. The number of benzene rings is 1. The van der Waals surface area contributed by atoms with Crippen molar-refractivity contribution in [2.24, 2.45) is 5.41 Å². The maximum Gasteiger partial charge on any atom is 0.315 e. The van der Waals surface area contributed by atoms with Gasteiger partial charge in [0.05, 0.1) is 12.7 Å². The van der Waals surface area contributed by atoms with Gasteiger partial charge in [0.1, 0.15) is 12.0 Å². The molecule has 27 heavy (non-hydrogen) atoms. The first-order valence-electron chi connectivity index (χ1n) is 8.71. The molecule has 1 aromatic heterocycles. The molecule has 2 aliphatic rings. The predicted molar refractivity (Wildman–Crippen MR) is 96.2 cm³/mol. The largest absolute Gasteiger partial charge is 0.493 e. The fourth-order valence-corrected chi connectivity index (χ4v) is 3.99. The van der Waals surface area contributed by atoms with Crippen molar-refractivity contribution in [2.75, 3.05) is 26.8 Å². The number of pyridine rings is 1. The number of rotatable bonds is 3. The third-order valence-corrected chi connectivity index (χ3v) is 5.49. The molecule has 0 aliphatic carbocycles. The summed E-state index contributed by atoms with van der Waals surface area (Å²) in [6.07, 6.45) is 1.53. The Morgan fingerprint density at radius 1 is 1.33 bits per heavy atom. The van der Waals surface area contributed by atoms with Crippen molar-refractivity contribution in [3.8, 4) is 11.5 Å². The molecule has 2 unspecified atom stereocenters. The highest BCUT2D eigenvalue weighted by molar-refractivity contribution is 5.95. The van der Waals surface area contributed by atoms with Crippen LogP contribution in [0.1, 0.15) is 27.5 Å². The quantitative estimate of drug-likeness (QED) is 0.893. The topological polar surface area (TPSA) is 89.0 Å². The number of fused-ring (bicyclic) bond motifs is 3. The first-order valence-corrected chi connectivity index (χ1v) is 8.71. The number of ether oxygens (including phenoxy) is 2. The molecule has 0 radical (unpaired) electrons. The van der Waals surface area contributed by atoms with Gasteiger partial charge < -0.3 is 19.5 Å². The maximum atomic E-state index is 12.9. The predicted octanol–water partition coefficient (Wildman–Crippen LogP) is 2.10. The summed E-state index contributed by atoms with van der Waals surface area (Å²) in [7, 11) is 1.55. The molecule has 1 saturated heterocycles. The molecule has 4 rings (SSSR count). The van der Waals surface area contributed by atoms with Crippen LogP contribution in [0.4, 0.5) is 0 Å². The molecular weight excluding hydrogens is 348 g/mol. The number of carboxylic acid groups (broad SMARTS) is 1. The van der Waals surface area contributed by atoms with Crippen molar-refractivity contribution in [3.05, 3.63) is 53.3 Å². The summed E-state index contributed by atoms with van der Waals surface area (Å²) in [6, 6.07) is 8.93. The number of aliphatic carboxylic acids is 1. The van der Waals surface area contributed by atoms with E-state index in [1.165, 1.54) is 6.20 Å². The highest BCUT2D eigenvalue weighted by atomic mass is 16.5. The third-order valence-electron chi connectivity index (χ3n) is 5.49. The third kappa shape index (κ3) is 2.61. The normalized spacial score (nSPS) is 23.2. The van der Waals surface area contributed by atoms with E-state index in [4.69, 9.17) is 9.47 Å². The second kappa shape index (κ2) is 6.26. The zero-order valence-corrected chi connectivity index (χ0v) is 15.1. The standard InChI is InChI=1S/C20H20N2O5/c1-12-6-7-13(8-21-12)18(23)22-9-15-14-4-3-5-16(26-2)17(14)27-11-20(15,10-22)19(24)25/h3-8,15H,9-11H2,1-2H3,(H,24,25). The average Bonchev–Trinajstić information content (AvgIpc) is 3.09. The van der Waals surface area contributed by atoms with Gasteiger partial charge in [-0.25, -0.2) is 0 Å². The average molecular weight is 368 g/mol. The van der Waals surface area contributed by atoms with Crippen LogP contribution in [0.2, 0.25) is 0 Å². The van der Waals surface area contributed by atoms with E-state index in [2.05, 4.69) is 4.98 Å². The number of hydrogen-bond acceptors (Lipinski definition) is 5. The van der Waals surface area contributed by atoms with Gasteiger partial charge in [-0.1, -0.05) is 12.1 Å². The molecule has 1 aromatic carbocycles. The van der Waals surface area contributed by atoms with Gasteiger partial charge in [-0.3, -0.25) is 14.6 Å². The summed E-state index contributed by atoms with van der Waals surface area (Å²) in [5, 5.41) is 10.00. The molecule has 3 heterocycles. The molecular formula is C20H20N2O5. The highest BCUT2D eigenvalue weighted by Gasteiger charge is 2.58. The Bertz CT molecular complexity index is 911. The minimum absolute atomic E-state index is 0.00367. The molecule has 2 aromatic rings. The van der Waals surface area contributed by atoms with Gasteiger partial charge >= 0.3 is 5.97 Å². The van der Waals surface area contributed by atoms with Crippen molar-refractivity contribution >= 4 is 11.9 Å². The van der Waals surface area contributed by atoms with E-state index in [-0.39, 0.29) is 25.0 Å². The SMILES string of the molecule is COc1cccc2c1OCC1(C(=O)O)CN(C(=O)c3ccc(C)nc3)CC21. The Labute approximate surface area is 156 Å². The Morgan fingerprint density at radius 3 is 2.81 bits per heavy atom. The number of amides is 1. The number of hydrogen-bond donors (Lipinski definition) is 1. The van der Waals surface area contributed by atoms with E-state index < -0.39 is 11.4 Å². The number of aryl methyl sites for hydroxylation is 1. The zero-order chi connectivity index (χ0) is 19.2. The van der Waals surface area contributed by atoms with E-state index in [1.807, 2.05) is 19.1 Å². The minimum atomic E-state index is -1.17. The van der Waals surface area contributed by atoms with Crippen molar-refractivity contribution in [3.63, 3.8) is 0 Å². The lowest BCUT2D eigenvalue weighted by Crippen LogP contribution is -2.46. The lowest BCUT2D eigenvalue weighted by Gasteiger charge is -2.36. The van der Waals surface area contributed by atoms with Crippen LogP contribution in [0.3, 0.4) is 0 Å². The van der Waals surface area contributed by atoms with Crippen LogP contribution in [0, 0.1) is 12.3 Å². The molecule has 2 aliphatic heterocycles. The summed E-state index contributed by atoms with van der Waals surface area (Å²) in [5.41, 5.74) is 0.859. The molecule has 0 bridgehead atoms. The van der Waals surface area contributed by atoms with E-state index in [0.717, 1.165) is 11.3 Å². The molecule has 0 spiro atoms. The first-order chi connectivity index (χ1) is 13.0. The maximum absolute atomic E-state index is 12.9. The molecule has 1 fully saturated rings. The smallest absolute Gasteiger partial charge is 0.315 e. The van der Waals surface area contributed by atoms with Gasteiger partial charge in [0.15, 0.2) is 11.5 Å². The number of carbonyl (C=O) groups excluding carboxylic acids is 1. The summed E-state index contributed by atoms with van der Waals surface area (Å²) in [5.74, 6) is -0.413. The summed E-state index contributed by atoms with van der Waals surface area (Å²) < 4.78 is 11.2. The highest BCUT2D eigenvalue weighted by Crippen LogP contribution is 2.52. The fourth-order valence-electron chi connectivity index (χ4n) is 3.99. The van der Waals surface area contributed by atoms with E-state index >= 15 is 0 Å². The first kappa shape index (κ1) is 17.3. The van der Waals surface area contributed by atoms with Crippen molar-refractivity contribution in [1.82, 2.24) is 9.88 Å². The summed E-state index contributed by atoms with van der Waals surface area (Å²) >= 11 is 0. The number of carbonyl (C=O) groups is 2. The van der Waals surface area contributed by atoms with Crippen molar-refractivity contribution in [2.45, 2.75) is 12.8 Å². The Morgan fingerprint density at radius 2 is 2.15 bits per heavy atom. The number of aromatic nitrogens is 1. The number of methoxy groups -OCH3 is 1. The van der Waals surface area contributed by atoms with Gasteiger partial charge in [0.2, 0.25) is 0 Å². The van der Waals surface area contributed by atoms with Crippen LogP contribution in [0.15, 0.2) is 36.5 Å². The number of carboxylic acids is 1. The molecule has 0 saturated carbocycles. The summed E-state index contributed by atoms with van der Waals surface area (Å²) in [4.78, 5) is 30.9. The van der Waals surface area contributed by atoms with E-state index in [0.29, 0.717) is 23.6 Å². The van der Waals surface area contributed by atoms with Crippen LogP contribution in [-0.4, -0.2) is 53.7 Å². The van der Waals surface area contributed by atoms with E-state index in [9.17, 15) is 14.7 Å². The van der Waals surface area contributed by atoms with Crippen LogP contribution in [0.25, 0.3) is 0 Å². The second-order valence-corrected chi connectivity index (χ2v) is 7.06. The molecule has 140 valence electrons. The minimum Gasteiger partial charge on any atom is -0.493 e. The van der Waals surface area contributed by atoms with Crippen LogP contribution in [0.5, 0.6) is 11.5 Å². The van der Waals surface area contributed by atoms with Gasteiger partial charge in [-0.15, -0.1) is 0 Å². The van der Waals surface area contributed by atoms with Gasteiger partial charge in [-0.2, -0.15) is 0 Å². The lowest BCUT2D eigenvalue weighted by molar-refractivity contribution is -0.151. The Kier molecular flexibility index (Phi) is 4.02. The number of likely N-dealkylation sites (tertiary alicyclic amines) is 1. The fraction of sp³-hybridized carbons (Fsp3) is 0.350. The number of nitrogens with zero attached hydrogens (tertiary/aromatic N) is 2. The van der Waals surface area contributed by atoms with Crippen molar-refractivity contribution in [1.29, 1.82) is 0 Å². The van der Waals surface area contributed by atoms with Gasteiger partial charge in [0, 0.05) is 36.5 Å². The monoisotopic (exact) mass is 368 g/mol. The van der Waals surface area contributed by atoms with Gasteiger partial charge in [0.25, 0.3) is 5.91 Å². The molecule has 7 nitrogen and oxygen atoms in total. The van der Waals surface area contributed by atoms with Crippen LogP contribution in [-0.2, 0) is 4.79 Å². The molecule has 2 atom stereocenters.